The summed E-state index contributed by atoms with van der Waals surface area (Å²) in [6.07, 6.45) is 12.3. The van der Waals surface area contributed by atoms with Crippen LogP contribution < -0.4 is 15.0 Å². The number of nitrogens with one attached hydrogen (secondary N) is 1. The van der Waals surface area contributed by atoms with Gasteiger partial charge < -0.3 is 28.9 Å². The molecule has 2 aromatic carbocycles. The van der Waals surface area contributed by atoms with Crippen molar-refractivity contribution in [3.05, 3.63) is 51.8 Å². The van der Waals surface area contributed by atoms with Crippen LogP contribution in [0, 0.1) is 33.9 Å². The van der Waals surface area contributed by atoms with E-state index in [-0.39, 0.29) is 22.7 Å². The Morgan fingerprint density at radius 2 is 1.98 bits per heavy atom. The van der Waals surface area contributed by atoms with Crippen molar-refractivity contribution in [3.63, 3.8) is 0 Å². The topological polar surface area (TPSA) is 95.4 Å². The third kappa shape index (κ3) is 5.53. The molecule has 3 saturated heterocycles. The van der Waals surface area contributed by atoms with Crippen LogP contribution in [0.15, 0.2) is 34.3 Å². The molecule has 5 heterocycles. The number of nitroso groups, excluding NO2 is 1. The van der Waals surface area contributed by atoms with Gasteiger partial charge in [0, 0.05) is 49.1 Å². The Morgan fingerprint density at radius 1 is 1.19 bits per heavy atom. The van der Waals surface area contributed by atoms with Gasteiger partial charge in [-0.05, 0) is 92.0 Å². The van der Waals surface area contributed by atoms with Crippen LogP contribution in [0.25, 0.3) is 22.5 Å². The first kappa shape index (κ1) is 30.6. The zero-order valence-corrected chi connectivity index (χ0v) is 27.5. The summed E-state index contributed by atoms with van der Waals surface area (Å²) in [7, 11) is 4.18. The molecule has 8 rings (SSSR count). The van der Waals surface area contributed by atoms with Crippen LogP contribution in [0.5, 0.6) is 6.01 Å². The predicted octanol–water partition coefficient (Wildman–Crippen LogP) is 5.28. The summed E-state index contributed by atoms with van der Waals surface area (Å²) in [4.78, 5) is 27.5. The molecular weight excluding hydrogens is 617 g/mol. The summed E-state index contributed by atoms with van der Waals surface area (Å²) in [5.41, 5.74) is 2.98. The fourth-order valence-corrected chi connectivity index (χ4v) is 8.50. The number of ether oxygens (including phenoxy) is 2. The Balaban J connectivity index is 1.26. The molecule has 1 spiro atoms. The minimum Gasteiger partial charge on any atom is -0.463 e. The zero-order valence-electron chi connectivity index (χ0n) is 26.7. The number of nitrogens with zero attached hydrogens (tertiary/aromatic N) is 6. The summed E-state index contributed by atoms with van der Waals surface area (Å²) in [5.74, 6) is 2.93. The zero-order chi connectivity index (χ0) is 32.3. The number of terminal acetylenes is 1. The van der Waals surface area contributed by atoms with Crippen LogP contribution in [0.3, 0.4) is 0 Å². The second-order valence-corrected chi connectivity index (χ2v) is 15.0. The highest BCUT2D eigenvalue weighted by Crippen LogP contribution is 2.50. The smallest absolute Gasteiger partial charge is 0.319 e. The van der Waals surface area contributed by atoms with Crippen molar-refractivity contribution < 1.29 is 13.9 Å². The minimum atomic E-state index is -0.493. The quantitative estimate of drug-likeness (QED) is 0.187. The molecule has 0 radical (unpaired) electrons. The molecule has 47 heavy (non-hydrogen) atoms. The Bertz CT molecular complexity index is 1820. The lowest BCUT2D eigenvalue weighted by molar-refractivity contribution is -0.0205. The number of piperidine rings is 1. The fraction of sp³-hybridized carbons (Fsp3) is 0.486. The highest BCUT2D eigenvalue weighted by Gasteiger charge is 2.45. The van der Waals surface area contributed by atoms with Gasteiger partial charge in [-0.15, -0.1) is 11.3 Å². The molecule has 5 aliphatic rings. The van der Waals surface area contributed by atoms with E-state index in [0.717, 1.165) is 80.5 Å². The number of benzene rings is 2. The molecule has 10 nitrogen and oxygen atoms in total. The Labute approximate surface area is 278 Å². The number of anilines is 1. The van der Waals surface area contributed by atoms with Crippen LogP contribution in [-0.2, 0) is 4.74 Å². The molecule has 244 valence electrons. The number of hydrogen-bond donors (Lipinski definition) is 1. The van der Waals surface area contributed by atoms with Gasteiger partial charge >= 0.3 is 6.01 Å². The van der Waals surface area contributed by atoms with E-state index in [2.05, 4.69) is 44.6 Å². The van der Waals surface area contributed by atoms with Crippen LogP contribution >= 0.6 is 11.9 Å². The van der Waals surface area contributed by atoms with Gasteiger partial charge in [0.05, 0.1) is 47.7 Å². The molecule has 1 saturated carbocycles. The average molecular weight is 656 g/mol. The van der Waals surface area contributed by atoms with E-state index < -0.39 is 5.82 Å². The Hall–Kier alpha value is -3.76. The van der Waals surface area contributed by atoms with Gasteiger partial charge in [-0.2, -0.15) is 9.97 Å². The molecule has 0 unspecified atom stereocenters. The monoisotopic (exact) mass is 655 g/mol. The summed E-state index contributed by atoms with van der Waals surface area (Å²) in [6, 6.07) is 6.70. The molecule has 3 aromatic rings. The Morgan fingerprint density at radius 3 is 2.60 bits per heavy atom. The fourth-order valence-electron chi connectivity index (χ4n) is 7.32. The van der Waals surface area contributed by atoms with Crippen LogP contribution in [0.4, 0.5) is 15.9 Å². The lowest BCUT2D eigenvalue weighted by Crippen LogP contribution is -2.58. The molecule has 0 amide bonds. The molecule has 0 bridgehead atoms. The van der Waals surface area contributed by atoms with Crippen LogP contribution in [-0.4, -0.2) is 91.9 Å². The van der Waals surface area contributed by atoms with Crippen molar-refractivity contribution in [1.29, 1.82) is 0 Å². The number of rotatable bonds is 9. The van der Waals surface area contributed by atoms with Gasteiger partial charge in [-0.25, -0.2) is 4.39 Å². The van der Waals surface area contributed by atoms with Gasteiger partial charge in [0.15, 0.2) is 5.82 Å². The molecule has 0 atom stereocenters. The molecule has 1 N–H and O–H groups in total. The van der Waals surface area contributed by atoms with E-state index in [4.69, 9.17) is 25.9 Å². The minimum absolute atomic E-state index is 0.0420. The molecule has 4 aliphatic heterocycles. The van der Waals surface area contributed by atoms with Gasteiger partial charge in [0.25, 0.3) is 0 Å². The van der Waals surface area contributed by atoms with E-state index in [1.165, 1.54) is 6.07 Å². The van der Waals surface area contributed by atoms with E-state index in [9.17, 15) is 4.91 Å². The number of halogens is 1. The van der Waals surface area contributed by atoms with Crippen molar-refractivity contribution in [2.75, 3.05) is 71.5 Å². The molecule has 1 aliphatic carbocycles. The number of hydrogen-bond acceptors (Lipinski definition) is 11. The Kier molecular flexibility index (Phi) is 7.63. The SMILES string of the molecule is C#Cc1c(F)ccc2cc(N=O)cc(C3=Cc4nc(OCC5(CN(C)C)CC5)nc(N5CCC6(CC5)CNC6)c4SN3C3COC3)c12. The van der Waals surface area contributed by atoms with Crippen molar-refractivity contribution in [1.82, 2.24) is 24.5 Å². The maximum absolute atomic E-state index is 15.1. The largest absolute Gasteiger partial charge is 0.463 e. The first-order valence-electron chi connectivity index (χ1n) is 16.3. The second-order valence-electron chi connectivity index (χ2n) is 14.0. The maximum atomic E-state index is 15.1. The molecule has 12 heteroatoms. The standard InChI is InChI=1S/C35H38FN7O3S/c1-4-25-27(36)6-5-22-13-23(40-44)14-26(30(22)25)29-15-28-31(47-43(29)24-16-45-17-24)32(42-11-9-34(10-12-42)18-37-19-34)39-33(38-28)46-21-35(7-8-35)20-41(2)3/h1,5-6,13-15,24,37H,7-12,16-21H2,2-3H3. The van der Waals surface area contributed by atoms with E-state index in [0.29, 0.717) is 47.6 Å². The lowest BCUT2D eigenvalue weighted by atomic mass is 9.73. The third-order valence-electron chi connectivity index (χ3n) is 10.3. The van der Waals surface area contributed by atoms with E-state index in [1.807, 2.05) is 6.08 Å². The average Bonchev–Trinajstić information content (AvgIpc) is 3.80. The van der Waals surface area contributed by atoms with Crippen molar-refractivity contribution in [2.45, 2.75) is 36.6 Å². The summed E-state index contributed by atoms with van der Waals surface area (Å²) in [6.45, 7) is 6.52. The number of aromatic nitrogens is 2. The maximum Gasteiger partial charge on any atom is 0.319 e. The summed E-state index contributed by atoms with van der Waals surface area (Å²) < 4.78 is 29.4. The first-order chi connectivity index (χ1) is 22.8. The highest BCUT2D eigenvalue weighted by atomic mass is 32.2. The van der Waals surface area contributed by atoms with Gasteiger partial charge in [0.2, 0.25) is 0 Å². The van der Waals surface area contributed by atoms with E-state index in [1.54, 1.807) is 30.1 Å². The van der Waals surface area contributed by atoms with Crippen molar-refractivity contribution >= 4 is 46.0 Å². The summed E-state index contributed by atoms with van der Waals surface area (Å²) >= 11 is 1.57. The van der Waals surface area contributed by atoms with E-state index >= 15 is 4.39 Å². The normalized spacial score (nSPS) is 21.1. The highest BCUT2D eigenvalue weighted by molar-refractivity contribution is 7.97. The molecular formula is C35H38FN7O3S. The molecule has 1 aromatic heterocycles. The van der Waals surface area contributed by atoms with Crippen LogP contribution in [0.2, 0.25) is 0 Å². The van der Waals surface area contributed by atoms with Gasteiger partial charge in [-0.1, -0.05) is 12.0 Å². The van der Waals surface area contributed by atoms with Crippen molar-refractivity contribution in [2.24, 2.45) is 16.0 Å². The second kappa shape index (κ2) is 11.7. The predicted molar refractivity (Wildman–Crippen MR) is 182 cm³/mol. The van der Waals surface area contributed by atoms with Gasteiger partial charge in [0.1, 0.15) is 11.5 Å². The first-order valence-corrected chi connectivity index (χ1v) is 17.1. The number of fused-ring (bicyclic) bond motifs is 2. The van der Waals surface area contributed by atoms with Crippen LogP contribution in [0.1, 0.15) is 42.5 Å². The van der Waals surface area contributed by atoms with Crippen molar-refractivity contribution in [3.8, 4) is 18.4 Å². The third-order valence-corrected chi connectivity index (χ3v) is 11.6. The van der Waals surface area contributed by atoms with Gasteiger partial charge in [-0.3, -0.25) is 0 Å². The molecule has 4 fully saturated rings. The summed E-state index contributed by atoms with van der Waals surface area (Å²) in [5, 5.41) is 7.91. The lowest BCUT2D eigenvalue weighted by Gasteiger charge is -2.49.